The van der Waals surface area contributed by atoms with Gasteiger partial charge in [0.1, 0.15) is 6.61 Å². The maximum Gasteiger partial charge on any atom is 0.246 e. The fourth-order valence-corrected chi connectivity index (χ4v) is 1.22. The molecule has 0 aromatic carbocycles. The molecule has 1 rings (SSSR count). The van der Waals surface area contributed by atoms with Crippen LogP contribution < -0.4 is 5.32 Å². The van der Waals surface area contributed by atoms with E-state index < -0.39 is 0 Å². The van der Waals surface area contributed by atoms with Crippen molar-refractivity contribution in [3.05, 3.63) is 0 Å². The van der Waals surface area contributed by atoms with Crippen molar-refractivity contribution in [3.63, 3.8) is 0 Å². The molecule has 1 atom stereocenters. The highest BCUT2D eigenvalue weighted by Gasteiger charge is 2.31. The van der Waals surface area contributed by atoms with Gasteiger partial charge in [0.05, 0.1) is 6.10 Å². The van der Waals surface area contributed by atoms with Crippen LogP contribution in [0, 0.1) is 5.41 Å². The van der Waals surface area contributed by atoms with Gasteiger partial charge >= 0.3 is 0 Å². The van der Waals surface area contributed by atoms with E-state index in [4.69, 9.17) is 4.74 Å². The number of rotatable bonds is 2. The summed E-state index contributed by atoms with van der Waals surface area (Å²) in [6.07, 6.45) is 1.23. The quantitative estimate of drug-likeness (QED) is 0.671. The van der Waals surface area contributed by atoms with E-state index >= 15 is 0 Å². The van der Waals surface area contributed by atoms with Crippen molar-refractivity contribution in [2.24, 2.45) is 5.41 Å². The minimum atomic E-state index is -0.00171. The van der Waals surface area contributed by atoms with E-state index in [1.807, 2.05) is 0 Å². The van der Waals surface area contributed by atoms with Gasteiger partial charge in [-0.25, -0.2) is 0 Å². The minimum Gasteiger partial charge on any atom is -0.366 e. The number of hydrogen-bond donors (Lipinski definition) is 1. The summed E-state index contributed by atoms with van der Waals surface area (Å²) in [4.78, 5) is 10.8. The highest BCUT2D eigenvalue weighted by Crippen LogP contribution is 2.27. The third kappa shape index (κ3) is 1.97. The van der Waals surface area contributed by atoms with Crippen LogP contribution in [0.3, 0.4) is 0 Å². The van der Waals surface area contributed by atoms with Crippen LogP contribution in [-0.4, -0.2) is 25.2 Å². The SMILES string of the molecule is CCC(C)(C)C1CNC(=O)CO1. The van der Waals surface area contributed by atoms with Crippen LogP contribution in [0.25, 0.3) is 0 Å². The number of carbonyl (C=O) groups is 1. The zero-order valence-corrected chi connectivity index (χ0v) is 8.02. The monoisotopic (exact) mass is 171 g/mol. The third-order valence-electron chi connectivity index (χ3n) is 2.68. The zero-order chi connectivity index (χ0) is 9.19. The molecule has 0 saturated carbocycles. The van der Waals surface area contributed by atoms with Gasteiger partial charge in [0.2, 0.25) is 5.91 Å². The summed E-state index contributed by atoms with van der Waals surface area (Å²) in [6, 6.07) is 0. The van der Waals surface area contributed by atoms with Crippen LogP contribution in [0.2, 0.25) is 0 Å². The van der Waals surface area contributed by atoms with Gasteiger partial charge in [0, 0.05) is 6.54 Å². The number of nitrogens with one attached hydrogen (secondary N) is 1. The molecule has 1 amide bonds. The van der Waals surface area contributed by atoms with Gasteiger partial charge in [-0.1, -0.05) is 20.8 Å². The summed E-state index contributed by atoms with van der Waals surface area (Å²) in [6.45, 7) is 7.33. The zero-order valence-electron chi connectivity index (χ0n) is 8.02. The van der Waals surface area contributed by atoms with Crippen molar-refractivity contribution in [2.45, 2.75) is 33.3 Å². The second-order valence-electron chi connectivity index (χ2n) is 3.95. The van der Waals surface area contributed by atoms with Gasteiger partial charge in [-0.15, -0.1) is 0 Å². The molecule has 0 spiro atoms. The second-order valence-corrected chi connectivity index (χ2v) is 3.95. The summed E-state index contributed by atoms with van der Waals surface area (Å²) in [5, 5.41) is 2.81. The molecule has 1 saturated heterocycles. The Labute approximate surface area is 73.5 Å². The van der Waals surface area contributed by atoms with Crippen LogP contribution in [0.15, 0.2) is 0 Å². The van der Waals surface area contributed by atoms with E-state index in [-0.39, 0.29) is 24.0 Å². The van der Waals surface area contributed by atoms with Crippen LogP contribution in [0.5, 0.6) is 0 Å². The first-order valence-electron chi connectivity index (χ1n) is 4.44. The van der Waals surface area contributed by atoms with Crippen molar-refractivity contribution in [2.75, 3.05) is 13.2 Å². The van der Waals surface area contributed by atoms with Crippen molar-refractivity contribution in [3.8, 4) is 0 Å². The molecule has 0 radical (unpaired) electrons. The molecule has 1 aliphatic heterocycles. The number of carbonyl (C=O) groups excluding carboxylic acids is 1. The molecule has 3 nitrogen and oxygen atoms in total. The molecule has 1 unspecified atom stereocenters. The Morgan fingerprint density at radius 3 is 2.75 bits per heavy atom. The molecule has 0 bridgehead atoms. The topological polar surface area (TPSA) is 38.3 Å². The highest BCUT2D eigenvalue weighted by atomic mass is 16.5. The van der Waals surface area contributed by atoms with E-state index in [1.54, 1.807) is 0 Å². The Morgan fingerprint density at radius 2 is 2.33 bits per heavy atom. The summed E-state index contributed by atoms with van der Waals surface area (Å²) in [5.74, 6) is -0.00171. The van der Waals surface area contributed by atoms with Gasteiger partial charge in [-0.3, -0.25) is 4.79 Å². The van der Waals surface area contributed by atoms with Crippen molar-refractivity contribution < 1.29 is 9.53 Å². The summed E-state index contributed by atoms with van der Waals surface area (Å²) >= 11 is 0. The van der Waals surface area contributed by atoms with Gasteiger partial charge < -0.3 is 10.1 Å². The largest absolute Gasteiger partial charge is 0.366 e. The predicted molar refractivity (Wildman–Crippen MR) is 46.8 cm³/mol. The average molecular weight is 171 g/mol. The van der Waals surface area contributed by atoms with Gasteiger partial charge in [0.15, 0.2) is 0 Å². The summed E-state index contributed by atoms with van der Waals surface area (Å²) in [7, 11) is 0. The molecule has 1 N–H and O–H groups in total. The maximum atomic E-state index is 10.8. The second kappa shape index (κ2) is 3.44. The molecule has 70 valence electrons. The lowest BCUT2D eigenvalue weighted by molar-refractivity contribution is -0.138. The number of morpholine rings is 1. The fourth-order valence-electron chi connectivity index (χ4n) is 1.22. The number of amides is 1. The Kier molecular flexibility index (Phi) is 2.73. The van der Waals surface area contributed by atoms with Gasteiger partial charge in [-0.2, -0.15) is 0 Å². The Hall–Kier alpha value is -0.570. The standard InChI is InChI=1S/C9H17NO2/c1-4-9(2,3)7-5-10-8(11)6-12-7/h7H,4-6H2,1-3H3,(H,10,11). The van der Waals surface area contributed by atoms with E-state index in [1.165, 1.54) is 0 Å². The predicted octanol–water partition coefficient (Wildman–Crippen LogP) is 0.938. The van der Waals surface area contributed by atoms with Crippen LogP contribution >= 0.6 is 0 Å². The maximum absolute atomic E-state index is 10.8. The molecule has 1 heterocycles. The van der Waals surface area contributed by atoms with Crippen LogP contribution in [-0.2, 0) is 9.53 Å². The number of hydrogen-bond acceptors (Lipinski definition) is 2. The van der Waals surface area contributed by atoms with Crippen LogP contribution in [0.4, 0.5) is 0 Å². The molecule has 12 heavy (non-hydrogen) atoms. The first-order chi connectivity index (χ1) is 5.56. The van der Waals surface area contributed by atoms with Gasteiger partial charge in [0.25, 0.3) is 0 Å². The lowest BCUT2D eigenvalue weighted by Crippen LogP contribution is -2.49. The van der Waals surface area contributed by atoms with Crippen molar-refractivity contribution in [1.29, 1.82) is 0 Å². The molecule has 0 aromatic rings. The minimum absolute atomic E-state index is 0.00171. The fraction of sp³-hybridized carbons (Fsp3) is 0.889. The molecule has 3 heteroatoms. The average Bonchev–Trinajstić information content (AvgIpc) is 2.05. The first kappa shape index (κ1) is 9.52. The summed E-state index contributed by atoms with van der Waals surface area (Å²) in [5.41, 5.74) is 0.160. The molecule has 1 aliphatic rings. The third-order valence-corrected chi connectivity index (χ3v) is 2.68. The normalized spacial score (nSPS) is 25.2. The molecular weight excluding hydrogens is 154 g/mol. The Balaban J connectivity index is 2.49. The van der Waals surface area contributed by atoms with E-state index in [9.17, 15) is 4.79 Å². The summed E-state index contributed by atoms with van der Waals surface area (Å²) < 4.78 is 5.43. The molecule has 0 aromatic heterocycles. The highest BCUT2D eigenvalue weighted by molar-refractivity contribution is 5.77. The van der Waals surface area contributed by atoms with Crippen molar-refractivity contribution >= 4 is 5.91 Å². The lowest BCUT2D eigenvalue weighted by atomic mass is 9.83. The Bertz CT molecular complexity index is 167. The Morgan fingerprint density at radius 1 is 1.67 bits per heavy atom. The van der Waals surface area contributed by atoms with E-state index in [0.29, 0.717) is 6.54 Å². The molecular formula is C9H17NO2. The smallest absolute Gasteiger partial charge is 0.246 e. The number of ether oxygens (including phenoxy) is 1. The van der Waals surface area contributed by atoms with Gasteiger partial charge in [-0.05, 0) is 11.8 Å². The molecule has 0 aliphatic carbocycles. The molecule has 1 fully saturated rings. The van der Waals surface area contributed by atoms with Crippen molar-refractivity contribution in [1.82, 2.24) is 5.32 Å². The first-order valence-corrected chi connectivity index (χ1v) is 4.44. The van der Waals surface area contributed by atoms with Crippen LogP contribution in [0.1, 0.15) is 27.2 Å². The van der Waals surface area contributed by atoms with E-state index in [0.717, 1.165) is 6.42 Å². The van der Waals surface area contributed by atoms with E-state index in [2.05, 4.69) is 26.1 Å². The lowest BCUT2D eigenvalue weighted by Gasteiger charge is -2.35.